The third-order valence-corrected chi connectivity index (χ3v) is 6.19. The first-order chi connectivity index (χ1) is 13.4. The first-order valence-electron chi connectivity index (χ1n) is 10.1. The molecule has 4 rings (SSSR count). The van der Waals surface area contributed by atoms with Gasteiger partial charge in [0.25, 0.3) is 5.91 Å². The van der Waals surface area contributed by atoms with Gasteiger partial charge < -0.3 is 18.7 Å². The summed E-state index contributed by atoms with van der Waals surface area (Å²) in [7, 11) is 0. The summed E-state index contributed by atoms with van der Waals surface area (Å²) in [6.07, 6.45) is 3.68. The van der Waals surface area contributed by atoms with Crippen molar-refractivity contribution >= 4 is 5.91 Å². The summed E-state index contributed by atoms with van der Waals surface area (Å²) in [6, 6.07) is 0. The Hall–Kier alpha value is -2.22. The summed E-state index contributed by atoms with van der Waals surface area (Å²) < 4.78 is 13.0. The van der Waals surface area contributed by atoms with Crippen molar-refractivity contribution in [3.8, 4) is 0 Å². The van der Waals surface area contributed by atoms with E-state index in [1.54, 1.807) is 6.92 Å². The SMILES string of the molecule is Cc1noc(C)c1C(=O)N1CC(c2nncn2CC(C)C)C2(CCOCC2)C1. The summed E-state index contributed by atoms with van der Waals surface area (Å²) in [5, 5.41) is 12.7. The summed E-state index contributed by atoms with van der Waals surface area (Å²) in [4.78, 5) is 15.3. The Morgan fingerprint density at radius 2 is 2.07 bits per heavy atom. The van der Waals surface area contributed by atoms with Gasteiger partial charge >= 0.3 is 0 Å². The zero-order valence-electron chi connectivity index (χ0n) is 17.1. The molecule has 2 aliphatic rings. The van der Waals surface area contributed by atoms with E-state index in [1.807, 2.05) is 18.2 Å². The van der Waals surface area contributed by atoms with Gasteiger partial charge in [-0.1, -0.05) is 19.0 Å². The van der Waals surface area contributed by atoms with Gasteiger partial charge in [-0.2, -0.15) is 0 Å². The topological polar surface area (TPSA) is 86.3 Å². The van der Waals surface area contributed by atoms with Crippen LogP contribution in [0.15, 0.2) is 10.9 Å². The lowest BCUT2D eigenvalue weighted by atomic mass is 9.71. The van der Waals surface area contributed by atoms with Crippen LogP contribution >= 0.6 is 0 Å². The van der Waals surface area contributed by atoms with Gasteiger partial charge in [0, 0.05) is 44.2 Å². The summed E-state index contributed by atoms with van der Waals surface area (Å²) in [6.45, 7) is 11.7. The number of likely N-dealkylation sites (tertiary alicyclic amines) is 1. The number of hydrogen-bond donors (Lipinski definition) is 0. The van der Waals surface area contributed by atoms with Crippen LogP contribution in [-0.2, 0) is 11.3 Å². The molecule has 0 saturated carbocycles. The van der Waals surface area contributed by atoms with Crippen LogP contribution in [0.1, 0.15) is 60.2 Å². The highest BCUT2D eigenvalue weighted by molar-refractivity contribution is 5.96. The molecule has 1 unspecified atom stereocenters. The lowest BCUT2D eigenvalue weighted by Gasteiger charge is -2.37. The average Bonchev–Trinajstić information content (AvgIpc) is 3.33. The third kappa shape index (κ3) is 3.23. The Kier molecular flexibility index (Phi) is 4.99. The second-order valence-corrected chi connectivity index (χ2v) is 8.65. The maximum absolute atomic E-state index is 13.3. The Morgan fingerprint density at radius 3 is 2.71 bits per heavy atom. The smallest absolute Gasteiger partial charge is 0.259 e. The van der Waals surface area contributed by atoms with E-state index in [1.165, 1.54) is 0 Å². The predicted molar refractivity (Wildman–Crippen MR) is 102 cm³/mol. The van der Waals surface area contributed by atoms with E-state index < -0.39 is 0 Å². The minimum Gasteiger partial charge on any atom is -0.381 e. The summed E-state index contributed by atoms with van der Waals surface area (Å²) in [5.74, 6) is 2.23. The van der Waals surface area contributed by atoms with Crippen LogP contribution in [0.4, 0.5) is 0 Å². The molecule has 2 fully saturated rings. The van der Waals surface area contributed by atoms with Crippen LogP contribution < -0.4 is 0 Å². The van der Waals surface area contributed by atoms with Gasteiger partial charge in [-0.05, 0) is 32.6 Å². The number of carbonyl (C=O) groups is 1. The summed E-state index contributed by atoms with van der Waals surface area (Å²) in [5.41, 5.74) is 1.22. The highest BCUT2D eigenvalue weighted by Gasteiger charge is 2.51. The van der Waals surface area contributed by atoms with Crippen LogP contribution in [0, 0.1) is 25.2 Å². The normalized spacial score (nSPS) is 21.8. The van der Waals surface area contributed by atoms with E-state index in [0.29, 0.717) is 36.0 Å². The molecule has 1 spiro atoms. The van der Waals surface area contributed by atoms with E-state index in [9.17, 15) is 4.79 Å². The van der Waals surface area contributed by atoms with Gasteiger partial charge in [-0.3, -0.25) is 4.79 Å². The second-order valence-electron chi connectivity index (χ2n) is 8.65. The number of hydrogen-bond acceptors (Lipinski definition) is 6. The van der Waals surface area contributed by atoms with Crippen molar-refractivity contribution in [3.05, 3.63) is 29.2 Å². The molecule has 0 bridgehead atoms. The fourth-order valence-electron chi connectivity index (χ4n) is 4.78. The van der Waals surface area contributed by atoms with Gasteiger partial charge in [0.2, 0.25) is 0 Å². The molecule has 2 aromatic heterocycles. The fourth-order valence-corrected chi connectivity index (χ4v) is 4.78. The number of carbonyl (C=O) groups excluding carboxylic acids is 1. The van der Waals surface area contributed by atoms with E-state index in [0.717, 1.165) is 38.4 Å². The zero-order chi connectivity index (χ0) is 19.9. The van der Waals surface area contributed by atoms with Gasteiger partial charge in [0.1, 0.15) is 23.5 Å². The minimum absolute atomic E-state index is 0.000424. The molecule has 1 atom stereocenters. The Balaban J connectivity index is 1.67. The van der Waals surface area contributed by atoms with Gasteiger partial charge in [-0.15, -0.1) is 10.2 Å². The highest BCUT2D eigenvalue weighted by atomic mass is 16.5. The third-order valence-electron chi connectivity index (χ3n) is 6.19. The van der Waals surface area contributed by atoms with Crippen molar-refractivity contribution in [2.45, 2.75) is 53.0 Å². The largest absolute Gasteiger partial charge is 0.381 e. The predicted octanol–water partition coefficient (Wildman–Crippen LogP) is 2.58. The summed E-state index contributed by atoms with van der Waals surface area (Å²) >= 11 is 0. The van der Waals surface area contributed by atoms with Crippen molar-refractivity contribution in [2.75, 3.05) is 26.3 Å². The molecule has 0 radical (unpaired) electrons. The number of aryl methyl sites for hydroxylation is 2. The second kappa shape index (κ2) is 7.31. The zero-order valence-corrected chi connectivity index (χ0v) is 17.1. The number of aromatic nitrogens is 4. The Morgan fingerprint density at radius 1 is 1.32 bits per heavy atom. The molecule has 1 amide bonds. The number of nitrogens with zero attached hydrogens (tertiary/aromatic N) is 5. The molecule has 28 heavy (non-hydrogen) atoms. The molecule has 2 aliphatic heterocycles. The first kappa shape index (κ1) is 19.1. The molecule has 2 saturated heterocycles. The molecule has 0 aliphatic carbocycles. The van der Waals surface area contributed by atoms with Crippen molar-refractivity contribution < 1.29 is 14.1 Å². The van der Waals surface area contributed by atoms with Gasteiger partial charge in [-0.25, -0.2) is 0 Å². The van der Waals surface area contributed by atoms with E-state index in [4.69, 9.17) is 9.26 Å². The van der Waals surface area contributed by atoms with Crippen LogP contribution in [0.5, 0.6) is 0 Å². The van der Waals surface area contributed by atoms with E-state index >= 15 is 0 Å². The average molecular weight is 387 g/mol. The first-order valence-corrected chi connectivity index (χ1v) is 10.1. The van der Waals surface area contributed by atoms with E-state index in [-0.39, 0.29) is 17.2 Å². The number of amides is 1. The van der Waals surface area contributed by atoms with Crippen molar-refractivity contribution in [2.24, 2.45) is 11.3 Å². The Bertz CT molecular complexity index is 830. The number of rotatable bonds is 4. The molecule has 8 nitrogen and oxygen atoms in total. The maximum Gasteiger partial charge on any atom is 0.259 e. The Labute approximate surface area is 165 Å². The maximum atomic E-state index is 13.3. The molecule has 152 valence electrons. The quantitative estimate of drug-likeness (QED) is 0.801. The van der Waals surface area contributed by atoms with Crippen molar-refractivity contribution in [1.82, 2.24) is 24.8 Å². The molecule has 2 aromatic rings. The van der Waals surface area contributed by atoms with Crippen LogP contribution in [-0.4, -0.2) is 57.0 Å². The van der Waals surface area contributed by atoms with Crippen LogP contribution in [0.3, 0.4) is 0 Å². The lowest BCUT2D eigenvalue weighted by Crippen LogP contribution is -2.38. The molecular weight excluding hydrogens is 358 g/mol. The van der Waals surface area contributed by atoms with E-state index in [2.05, 4.69) is 33.8 Å². The molecule has 4 heterocycles. The molecule has 0 N–H and O–H groups in total. The monoisotopic (exact) mass is 387 g/mol. The molecule has 8 heteroatoms. The lowest BCUT2D eigenvalue weighted by molar-refractivity contribution is 0.0106. The van der Waals surface area contributed by atoms with Crippen molar-refractivity contribution in [1.29, 1.82) is 0 Å². The van der Waals surface area contributed by atoms with Crippen LogP contribution in [0.25, 0.3) is 0 Å². The van der Waals surface area contributed by atoms with Crippen molar-refractivity contribution in [3.63, 3.8) is 0 Å². The molecule has 0 aromatic carbocycles. The van der Waals surface area contributed by atoms with Crippen LogP contribution in [0.2, 0.25) is 0 Å². The standard InChI is InChI=1S/C20H29N5O3/c1-13(2)9-25-12-21-22-18(25)16-10-24(11-20(16)5-7-27-8-6-20)19(26)17-14(3)23-28-15(17)4/h12-13,16H,5-11H2,1-4H3. The number of ether oxygens (including phenoxy) is 1. The molecular formula is C20H29N5O3. The van der Waals surface area contributed by atoms with Gasteiger partial charge in [0.05, 0.1) is 5.69 Å². The minimum atomic E-state index is -0.0192. The fraction of sp³-hybridized carbons (Fsp3) is 0.700. The highest BCUT2D eigenvalue weighted by Crippen LogP contribution is 2.49. The van der Waals surface area contributed by atoms with Gasteiger partial charge in [0.15, 0.2) is 0 Å².